The molecule has 3 heterocycles. The van der Waals surface area contributed by atoms with E-state index in [9.17, 15) is 14.7 Å². The van der Waals surface area contributed by atoms with Crippen molar-refractivity contribution < 1.29 is 24.2 Å². The number of aromatic nitrogens is 3. The number of unbranched alkanes of at least 4 members (excludes halogenated alkanes) is 2. The summed E-state index contributed by atoms with van der Waals surface area (Å²) in [4.78, 5) is 32.4. The summed E-state index contributed by atoms with van der Waals surface area (Å²) >= 11 is 8.91. The number of amides is 1. The number of carbonyl (C=O) groups is 2. The number of nitrogens with zero attached hydrogens (tertiary/aromatic N) is 4. The summed E-state index contributed by atoms with van der Waals surface area (Å²) < 4.78 is 12.2. The number of benzene rings is 2. The third-order valence-electron chi connectivity index (χ3n) is 6.82. The van der Waals surface area contributed by atoms with Gasteiger partial charge in [0.05, 0.1) is 25.3 Å². The highest BCUT2D eigenvalue weighted by molar-refractivity contribution is 8.00. The molecule has 0 saturated carbocycles. The van der Waals surface area contributed by atoms with E-state index in [0.29, 0.717) is 44.3 Å². The molecule has 1 saturated heterocycles. The molecule has 1 amide bonds. The Morgan fingerprint density at radius 1 is 1.07 bits per heavy atom. The zero-order valence-electron chi connectivity index (χ0n) is 23.5. The molecule has 0 radical (unpaired) electrons. The number of aliphatic hydroxyl groups is 1. The van der Waals surface area contributed by atoms with Crippen molar-refractivity contribution in [3.8, 4) is 11.5 Å². The number of ketones is 1. The third kappa shape index (κ3) is 6.69. The molecular weight excluding hydrogens is 608 g/mol. The van der Waals surface area contributed by atoms with Gasteiger partial charge in [-0.3, -0.25) is 19.5 Å². The summed E-state index contributed by atoms with van der Waals surface area (Å²) in [7, 11) is 1.53. The number of hydrogen-bond donors (Lipinski definition) is 1. The molecule has 1 aliphatic heterocycles. The van der Waals surface area contributed by atoms with Gasteiger partial charge in [0.2, 0.25) is 5.13 Å². The van der Waals surface area contributed by atoms with Gasteiger partial charge >= 0.3 is 5.91 Å². The normalized spacial score (nSPS) is 16.1. The van der Waals surface area contributed by atoms with Gasteiger partial charge in [0.25, 0.3) is 5.78 Å². The maximum absolute atomic E-state index is 13.6. The highest BCUT2D eigenvalue weighted by Crippen LogP contribution is 2.45. The SMILES string of the molecule is CCCCCOc1ccc(C2C(=C(O)c3ccncc3)C(=O)C(=O)N2c2nnc(SCc3ccccc3Cl)s2)cc1OC. The fraction of sp³-hybridized carbons (Fsp3) is 0.258. The zero-order chi connectivity index (χ0) is 30.3. The van der Waals surface area contributed by atoms with E-state index in [-0.39, 0.29) is 16.5 Å². The standard InChI is InChI=1S/C31H29ClN4O5S2/c1-3-4-7-16-41-23-11-10-20(17-24(23)40-2)26-25(27(37)19-12-14-33-15-13-19)28(38)29(39)36(26)30-34-35-31(43-30)42-18-21-8-5-6-9-22(21)32/h5-6,8-15,17,26,37H,3-4,7,16,18H2,1-2H3. The van der Waals surface area contributed by atoms with E-state index in [4.69, 9.17) is 21.1 Å². The molecule has 2 aromatic carbocycles. The highest BCUT2D eigenvalue weighted by Gasteiger charge is 2.48. The molecule has 2 aromatic heterocycles. The van der Waals surface area contributed by atoms with Crippen LogP contribution in [0.15, 0.2) is 76.9 Å². The lowest BCUT2D eigenvalue weighted by Gasteiger charge is -2.23. The molecule has 1 unspecified atom stereocenters. The topological polar surface area (TPSA) is 115 Å². The molecule has 5 rings (SSSR count). The second-order valence-electron chi connectivity index (χ2n) is 9.60. The smallest absolute Gasteiger partial charge is 0.301 e. The summed E-state index contributed by atoms with van der Waals surface area (Å²) in [5.74, 6) is -0.434. The largest absolute Gasteiger partial charge is 0.507 e. The van der Waals surface area contributed by atoms with Crippen molar-refractivity contribution in [3.63, 3.8) is 0 Å². The lowest BCUT2D eigenvalue weighted by Crippen LogP contribution is -2.29. The molecule has 9 nitrogen and oxygen atoms in total. The molecule has 1 aliphatic rings. The second kappa shape index (κ2) is 14.0. The number of thioether (sulfide) groups is 1. The van der Waals surface area contributed by atoms with Gasteiger partial charge < -0.3 is 14.6 Å². The van der Waals surface area contributed by atoms with Gasteiger partial charge in [-0.1, -0.05) is 78.7 Å². The first-order valence-electron chi connectivity index (χ1n) is 13.6. The summed E-state index contributed by atoms with van der Waals surface area (Å²) in [5.41, 5.74) is 1.75. The number of halogens is 1. The van der Waals surface area contributed by atoms with Crippen LogP contribution in [0.1, 0.15) is 48.9 Å². The van der Waals surface area contributed by atoms with Crippen molar-refractivity contribution in [2.24, 2.45) is 0 Å². The molecule has 0 bridgehead atoms. The highest BCUT2D eigenvalue weighted by atomic mass is 35.5. The minimum absolute atomic E-state index is 0.0738. The molecule has 4 aromatic rings. The number of pyridine rings is 1. The Balaban J connectivity index is 1.53. The van der Waals surface area contributed by atoms with Gasteiger partial charge in [0.15, 0.2) is 15.8 Å². The molecule has 12 heteroatoms. The summed E-state index contributed by atoms with van der Waals surface area (Å²) in [5, 5.41) is 20.8. The second-order valence-corrected chi connectivity index (χ2v) is 12.2. The van der Waals surface area contributed by atoms with Crippen LogP contribution in [0.5, 0.6) is 11.5 Å². The Kier molecular flexibility index (Phi) is 9.96. The van der Waals surface area contributed by atoms with Crippen LogP contribution >= 0.6 is 34.7 Å². The van der Waals surface area contributed by atoms with Crippen LogP contribution in [0, 0.1) is 0 Å². The Morgan fingerprint density at radius 3 is 2.60 bits per heavy atom. The van der Waals surface area contributed by atoms with Gasteiger partial charge in [0.1, 0.15) is 5.76 Å². The third-order valence-corrected chi connectivity index (χ3v) is 9.29. The van der Waals surface area contributed by atoms with Crippen molar-refractivity contribution >= 4 is 57.3 Å². The number of ether oxygens (including phenoxy) is 2. The number of rotatable bonds is 12. The Hall–Kier alpha value is -3.93. The van der Waals surface area contributed by atoms with Gasteiger partial charge in [-0.05, 0) is 47.9 Å². The first-order valence-corrected chi connectivity index (χ1v) is 15.8. The maximum atomic E-state index is 13.6. The molecule has 1 fully saturated rings. The number of aliphatic hydroxyl groups excluding tert-OH is 1. The average molecular weight is 637 g/mol. The van der Waals surface area contributed by atoms with Crippen LogP contribution in [0.4, 0.5) is 5.13 Å². The van der Waals surface area contributed by atoms with Crippen molar-refractivity contribution in [3.05, 3.63) is 94.3 Å². The zero-order valence-corrected chi connectivity index (χ0v) is 25.9. The van der Waals surface area contributed by atoms with Crippen LogP contribution in [-0.2, 0) is 15.3 Å². The van der Waals surface area contributed by atoms with Crippen LogP contribution in [0.3, 0.4) is 0 Å². The van der Waals surface area contributed by atoms with Crippen molar-refractivity contribution in [1.29, 1.82) is 0 Å². The maximum Gasteiger partial charge on any atom is 0.301 e. The monoisotopic (exact) mass is 636 g/mol. The van der Waals surface area contributed by atoms with Crippen LogP contribution < -0.4 is 14.4 Å². The van der Waals surface area contributed by atoms with Crippen LogP contribution in [0.2, 0.25) is 5.02 Å². The minimum atomic E-state index is -0.995. The van der Waals surface area contributed by atoms with E-state index in [0.717, 1.165) is 24.8 Å². The molecule has 0 spiro atoms. The van der Waals surface area contributed by atoms with Gasteiger partial charge in [-0.25, -0.2) is 0 Å². The van der Waals surface area contributed by atoms with E-state index >= 15 is 0 Å². The molecule has 0 aliphatic carbocycles. The van der Waals surface area contributed by atoms with E-state index < -0.39 is 17.7 Å². The summed E-state index contributed by atoms with van der Waals surface area (Å²) in [6.07, 6.45) is 6.02. The van der Waals surface area contributed by atoms with Crippen LogP contribution in [0.25, 0.3) is 5.76 Å². The molecular formula is C31H29ClN4O5S2. The number of methoxy groups -OCH3 is 1. The number of Topliss-reactive ketones (excluding diaryl/α,β-unsaturated/α-hetero) is 1. The summed E-state index contributed by atoms with van der Waals surface area (Å²) in [6.45, 7) is 2.65. The van der Waals surface area contributed by atoms with E-state index in [1.165, 1.54) is 47.5 Å². The number of carbonyl (C=O) groups excluding carboxylic acids is 2. The molecule has 1 N–H and O–H groups in total. The van der Waals surface area contributed by atoms with E-state index in [2.05, 4.69) is 22.1 Å². The number of hydrogen-bond acceptors (Lipinski definition) is 10. The fourth-order valence-electron chi connectivity index (χ4n) is 4.63. The Morgan fingerprint density at radius 2 is 1.86 bits per heavy atom. The number of anilines is 1. The van der Waals surface area contributed by atoms with E-state index in [1.54, 1.807) is 30.3 Å². The lowest BCUT2D eigenvalue weighted by atomic mass is 9.95. The van der Waals surface area contributed by atoms with Crippen molar-refractivity contribution in [1.82, 2.24) is 15.2 Å². The van der Waals surface area contributed by atoms with Crippen LogP contribution in [-0.4, -0.2) is 45.7 Å². The van der Waals surface area contributed by atoms with Gasteiger partial charge in [-0.15, -0.1) is 10.2 Å². The Bertz CT molecular complexity index is 1650. The molecule has 222 valence electrons. The predicted octanol–water partition coefficient (Wildman–Crippen LogP) is 7.08. The Labute approximate surface area is 262 Å². The minimum Gasteiger partial charge on any atom is -0.507 e. The van der Waals surface area contributed by atoms with Gasteiger partial charge in [0, 0.05) is 28.7 Å². The van der Waals surface area contributed by atoms with Crippen molar-refractivity contribution in [2.75, 3.05) is 18.6 Å². The molecule has 1 atom stereocenters. The summed E-state index contributed by atoms with van der Waals surface area (Å²) in [6, 6.07) is 14.9. The fourth-order valence-corrected chi connectivity index (χ4v) is 6.78. The first-order chi connectivity index (χ1) is 20.9. The lowest BCUT2D eigenvalue weighted by molar-refractivity contribution is -0.132. The van der Waals surface area contributed by atoms with Crippen molar-refractivity contribution in [2.45, 2.75) is 42.3 Å². The first kappa shape index (κ1) is 30.5. The van der Waals surface area contributed by atoms with Gasteiger partial charge in [-0.2, -0.15) is 0 Å². The molecule has 43 heavy (non-hydrogen) atoms. The average Bonchev–Trinajstić information content (AvgIpc) is 3.60. The predicted molar refractivity (Wildman–Crippen MR) is 168 cm³/mol. The van der Waals surface area contributed by atoms with E-state index in [1.807, 2.05) is 24.3 Å². The quantitative estimate of drug-likeness (QED) is 0.0435.